The van der Waals surface area contributed by atoms with E-state index in [1.807, 2.05) is 0 Å². The summed E-state index contributed by atoms with van der Waals surface area (Å²) in [5, 5.41) is 2.70. The molecule has 1 N–H and O–H groups in total. The Labute approximate surface area is 198 Å². The fourth-order valence-electron chi connectivity index (χ4n) is 3.26. The summed E-state index contributed by atoms with van der Waals surface area (Å²) in [5.74, 6) is -3.57. The van der Waals surface area contributed by atoms with Crippen LogP contribution >= 0.6 is 11.8 Å². The summed E-state index contributed by atoms with van der Waals surface area (Å²) in [5.41, 5.74) is 0.894. The van der Waals surface area contributed by atoms with E-state index in [9.17, 15) is 26.8 Å². The molecule has 4 rings (SSSR count). The number of anilines is 1. The summed E-state index contributed by atoms with van der Waals surface area (Å²) in [6, 6.07) is 13.7. The van der Waals surface area contributed by atoms with Crippen LogP contribution in [0.2, 0.25) is 0 Å². The first kappa shape index (κ1) is 23.7. The molecule has 0 unspecified atom stereocenters. The minimum absolute atomic E-state index is 0.126. The van der Waals surface area contributed by atoms with Crippen molar-refractivity contribution < 1.29 is 31.5 Å². The molecule has 0 bridgehead atoms. The topological polar surface area (TPSA) is 89.5 Å². The number of benzene rings is 3. The van der Waals surface area contributed by atoms with Crippen LogP contribution in [0.15, 0.2) is 75.4 Å². The third kappa shape index (κ3) is 4.87. The fourth-order valence-corrected chi connectivity index (χ4v) is 5.72. The van der Waals surface area contributed by atoms with E-state index in [0.29, 0.717) is 26.6 Å². The minimum Gasteiger partial charge on any atom is -0.465 e. The molecule has 3 aromatic rings. The van der Waals surface area contributed by atoms with Crippen molar-refractivity contribution in [1.29, 1.82) is 0 Å². The van der Waals surface area contributed by atoms with Gasteiger partial charge in [-0.1, -0.05) is 30.0 Å². The normalized spacial score (nSPS) is 14.4. The quantitative estimate of drug-likeness (QED) is 0.399. The third-order valence-corrected chi connectivity index (χ3v) is 7.75. The molecule has 1 aliphatic rings. The second-order valence-electron chi connectivity index (χ2n) is 7.30. The second-order valence-corrected chi connectivity index (χ2v) is 10.4. The lowest BCUT2D eigenvalue weighted by Gasteiger charge is -2.19. The summed E-state index contributed by atoms with van der Waals surface area (Å²) < 4.78 is 58.3. The highest BCUT2D eigenvalue weighted by atomic mass is 32.2. The van der Waals surface area contributed by atoms with Crippen molar-refractivity contribution in [3.05, 3.63) is 93.9 Å². The Balaban J connectivity index is 1.62. The third-order valence-electron chi connectivity index (χ3n) is 5.03. The van der Waals surface area contributed by atoms with E-state index in [0.717, 1.165) is 30.0 Å². The van der Waals surface area contributed by atoms with Crippen molar-refractivity contribution in [2.24, 2.45) is 0 Å². The van der Waals surface area contributed by atoms with Gasteiger partial charge >= 0.3 is 5.97 Å². The summed E-state index contributed by atoms with van der Waals surface area (Å²) in [4.78, 5) is 24.7. The van der Waals surface area contributed by atoms with E-state index in [1.165, 1.54) is 25.3 Å². The first-order valence-electron chi connectivity index (χ1n) is 9.87. The molecule has 0 saturated heterocycles. The van der Waals surface area contributed by atoms with E-state index in [4.69, 9.17) is 0 Å². The first-order chi connectivity index (χ1) is 16.2. The number of esters is 1. The number of rotatable bonds is 5. The molecule has 1 amide bonds. The van der Waals surface area contributed by atoms with Gasteiger partial charge in [-0.15, -0.1) is 0 Å². The standard InChI is InChI=1S/C24H17F2NO5S2/c1-32-24(29)15-7-5-14(6-8-15)11-22-23(28)27-20-10-9-16(12-21(20)33-22)34(30,31)13-17-18(25)3-2-4-19(17)26/h2-12H,13H2,1H3,(H,27,28)/b22-11+. The Hall–Kier alpha value is -3.50. The molecule has 10 heteroatoms. The van der Waals surface area contributed by atoms with Crippen molar-refractivity contribution >= 4 is 45.2 Å². The van der Waals surface area contributed by atoms with Crippen molar-refractivity contribution in [3.8, 4) is 0 Å². The molecule has 34 heavy (non-hydrogen) atoms. The highest BCUT2D eigenvalue weighted by Gasteiger charge is 2.25. The maximum atomic E-state index is 14.0. The Morgan fingerprint density at radius 2 is 1.74 bits per heavy atom. The molecule has 0 aromatic heterocycles. The smallest absolute Gasteiger partial charge is 0.337 e. The molecule has 3 aromatic carbocycles. The average molecular weight is 502 g/mol. The van der Waals surface area contributed by atoms with E-state index >= 15 is 0 Å². The minimum atomic E-state index is -4.07. The molecule has 0 fully saturated rings. The number of fused-ring (bicyclic) bond motifs is 1. The molecule has 0 radical (unpaired) electrons. The summed E-state index contributed by atoms with van der Waals surface area (Å²) >= 11 is 1.06. The zero-order chi connectivity index (χ0) is 24.5. The molecule has 1 heterocycles. The van der Waals surface area contributed by atoms with Crippen LogP contribution in [-0.4, -0.2) is 27.4 Å². The Kier molecular flexibility index (Phi) is 6.54. The van der Waals surface area contributed by atoms with Crippen molar-refractivity contribution in [1.82, 2.24) is 0 Å². The number of carbonyl (C=O) groups is 2. The van der Waals surface area contributed by atoms with Gasteiger partial charge in [-0.3, -0.25) is 4.79 Å². The molecule has 0 atom stereocenters. The first-order valence-corrected chi connectivity index (χ1v) is 12.3. The van der Waals surface area contributed by atoms with Crippen LogP contribution in [0.25, 0.3) is 6.08 Å². The number of thioether (sulfide) groups is 1. The van der Waals surface area contributed by atoms with Crippen LogP contribution in [0.4, 0.5) is 14.5 Å². The van der Waals surface area contributed by atoms with Gasteiger partial charge in [-0.2, -0.15) is 0 Å². The van der Waals surface area contributed by atoms with Crippen LogP contribution in [0.3, 0.4) is 0 Å². The average Bonchev–Trinajstić information content (AvgIpc) is 2.81. The number of hydrogen-bond acceptors (Lipinski definition) is 6. The molecule has 0 saturated carbocycles. The van der Waals surface area contributed by atoms with Gasteiger partial charge in [-0.05, 0) is 54.1 Å². The van der Waals surface area contributed by atoms with E-state index in [2.05, 4.69) is 10.1 Å². The van der Waals surface area contributed by atoms with Gasteiger partial charge in [0.2, 0.25) is 0 Å². The highest BCUT2D eigenvalue weighted by Crippen LogP contribution is 2.40. The number of hydrogen-bond donors (Lipinski definition) is 1. The molecule has 174 valence electrons. The monoisotopic (exact) mass is 501 g/mol. The van der Waals surface area contributed by atoms with Gasteiger partial charge in [0.15, 0.2) is 9.84 Å². The number of ether oxygens (including phenoxy) is 1. The van der Waals surface area contributed by atoms with E-state index in [1.54, 1.807) is 30.3 Å². The lowest BCUT2D eigenvalue weighted by molar-refractivity contribution is -0.112. The number of halogens is 2. The fraction of sp³-hybridized carbons (Fsp3) is 0.0833. The van der Waals surface area contributed by atoms with Gasteiger partial charge in [0.1, 0.15) is 11.6 Å². The molecular weight excluding hydrogens is 484 g/mol. The number of nitrogens with one attached hydrogen (secondary N) is 1. The number of carbonyl (C=O) groups excluding carboxylic acids is 2. The van der Waals surface area contributed by atoms with Crippen LogP contribution < -0.4 is 5.32 Å². The van der Waals surface area contributed by atoms with Gasteiger partial charge in [0.05, 0.1) is 33.9 Å². The Morgan fingerprint density at radius 1 is 1.06 bits per heavy atom. The van der Waals surface area contributed by atoms with Gasteiger partial charge < -0.3 is 10.1 Å². The van der Waals surface area contributed by atoms with E-state index < -0.39 is 38.8 Å². The summed E-state index contributed by atoms with van der Waals surface area (Å²) in [6.07, 6.45) is 1.60. The maximum Gasteiger partial charge on any atom is 0.337 e. The molecule has 6 nitrogen and oxygen atoms in total. The van der Waals surface area contributed by atoms with Crippen LogP contribution in [0.1, 0.15) is 21.5 Å². The van der Waals surface area contributed by atoms with Crippen molar-refractivity contribution in [2.45, 2.75) is 15.5 Å². The van der Waals surface area contributed by atoms with Gasteiger partial charge in [0, 0.05) is 10.5 Å². The number of amides is 1. The summed E-state index contributed by atoms with van der Waals surface area (Å²) in [7, 11) is -2.79. The molecule has 1 aliphatic heterocycles. The molecular formula is C24H17F2NO5S2. The van der Waals surface area contributed by atoms with Crippen LogP contribution in [-0.2, 0) is 25.1 Å². The number of sulfone groups is 1. The SMILES string of the molecule is COC(=O)c1ccc(/C=C2/Sc3cc(S(=O)(=O)Cc4c(F)cccc4F)ccc3NC2=O)cc1. The molecule has 0 spiro atoms. The van der Waals surface area contributed by atoms with Crippen LogP contribution in [0, 0.1) is 11.6 Å². The lowest BCUT2D eigenvalue weighted by Crippen LogP contribution is -2.18. The zero-order valence-corrected chi connectivity index (χ0v) is 19.3. The second kappa shape index (κ2) is 9.40. The zero-order valence-electron chi connectivity index (χ0n) is 17.7. The molecule has 0 aliphatic carbocycles. The Bertz CT molecular complexity index is 1410. The highest BCUT2D eigenvalue weighted by molar-refractivity contribution is 8.04. The van der Waals surface area contributed by atoms with Crippen molar-refractivity contribution in [2.75, 3.05) is 12.4 Å². The summed E-state index contributed by atoms with van der Waals surface area (Å²) in [6.45, 7) is 0. The van der Waals surface area contributed by atoms with E-state index in [-0.39, 0.29) is 10.8 Å². The number of methoxy groups -OCH3 is 1. The largest absolute Gasteiger partial charge is 0.465 e. The van der Waals surface area contributed by atoms with Gasteiger partial charge in [-0.25, -0.2) is 22.0 Å². The predicted molar refractivity (Wildman–Crippen MR) is 124 cm³/mol. The van der Waals surface area contributed by atoms with Crippen LogP contribution in [0.5, 0.6) is 0 Å². The maximum absolute atomic E-state index is 14.0. The Morgan fingerprint density at radius 3 is 2.38 bits per heavy atom. The predicted octanol–water partition coefficient (Wildman–Crippen LogP) is 4.81. The lowest BCUT2D eigenvalue weighted by atomic mass is 10.1. The van der Waals surface area contributed by atoms with Gasteiger partial charge in [0.25, 0.3) is 5.91 Å². The van der Waals surface area contributed by atoms with Crippen molar-refractivity contribution in [3.63, 3.8) is 0 Å².